The van der Waals surface area contributed by atoms with Crippen LogP contribution in [0.4, 0.5) is 5.13 Å². The van der Waals surface area contributed by atoms with Gasteiger partial charge in [0.1, 0.15) is 0 Å². The number of ether oxygens (including phenoxy) is 1. The summed E-state index contributed by atoms with van der Waals surface area (Å²) in [4.78, 5) is 42.8. The molecule has 2 aromatic rings. The molecular formula is C20H23N3O4S. The molecule has 0 bridgehead atoms. The second-order valence-electron chi connectivity index (χ2n) is 6.57. The molecule has 2 amide bonds. The van der Waals surface area contributed by atoms with Crippen molar-refractivity contribution < 1.29 is 19.1 Å². The Labute approximate surface area is 167 Å². The molecule has 1 aromatic heterocycles. The summed E-state index contributed by atoms with van der Waals surface area (Å²) >= 11 is 1.29. The van der Waals surface area contributed by atoms with Gasteiger partial charge in [-0.2, -0.15) is 0 Å². The summed E-state index contributed by atoms with van der Waals surface area (Å²) < 4.78 is 5.08. The van der Waals surface area contributed by atoms with Gasteiger partial charge < -0.3 is 9.64 Å². The number of hydrogen-bond donors (Lipinski definition) is 1. The number of hydrogen-bond acceptors (Lipinski definition) is 6. The van der Waals surface area contributed by atoms with E-state index in [-0.39, 0.29) is 30.1 Å². The zero-order valence-corrected chi connectivity index (χ0v) is 16.5. The number of carbonyl (C=O) groups excluding carboxylic acids is 3. The van der Waals surface area contributed by atoms with Crippen molar-refractivity contribution >= 4 is 34.3 Å². The van der Waals surface area contributed by atoms with E-state index in [4.69, 9.17) is 4.74 Å². The Morgan fingerprint density at radius 3 is 2.82 bits per heavy atom. The van der Waals surface area contributed by atoms with Gasteiger partial charge in [-0.1, -0.05) is 18.2 Å². The molecule has 28 heavy (non-hydrogen) atoms. The Kier molecular flexibility index (Phi) is 6.76. The van der Waals surface area contributed by atoms with E-state index < -0.39 is 0 Å². The molecule has 2 heterocycles. The van der Waals surface area contributed by atoms with E-state index in [0.29, 0.717) is 36.1 Å². The number of anilines is 1. The predicted octanol–water partition coefficient (Wildman–Crippen LogP) is 2.74. The largest absolute Gasteiger partial charge is 0.466 e. The smallest absolute Gasteiger partial charge is 0.310 e. The van der Waals surface area contributed by atoms with Crippen molar-refractivity contribution in [2.24, 2.45) is 5.92 Å². The molecule has 1 fully saturated rings. The van der Waals surface area contributed by atoms with Crippen LogP contribution >= 0.6 is 11.3 Å². The van der Waals surface area contributed by atoms with Crippen molar-refractivity contribution in [3.63, 3.8) is 0 Å². The first-order chi connectivity index (χ1) is 13.6. The van der Waals surface area contributed by atoms with Crippen molar-refractivity contribution in [3.8, 4) is 0 Å². The van der Waals surface area contributed by atoms with Gasteiger partial charge in [-0.25, -0.2) is 4.98 Å². The first-order valence-electron chi connectivity index (χ1n) is 9.32. The normalized spacial score (nSPS) is 16.5. The molecule has 1 atom stereocenters. The van der Waals surface area contributed by atoms with Crippen LogP contribution in [0.2, 0.25) is 0 Å². The third kappa shape index (κ3) is 5.16. The van der Waals surface area contributed by atoms with Gasteiger partial charge in [0.15, 0.2) is 5.13 Å². The van der Waals surface area contributed by atoms with Gasteiger partial charge in [0.2, 0.25) is 5.91 Å². The number of carbonyl (C=O) groups is 3. The molecular weight excluding hydrogens is 378 g/mol. The number of esters is 1. The number of nitrogens with one attached hydrogen (secondary N) is 1. The Hall–Kier alpha value is -2.74. The van der Waals surface area contributed by atoms with E-state index in [1.54, 1.807) is 41.5 Å². The van der Waals surface area contributed by atoms with Crippen LogP contribution in [0.1, 0.15) is 35.8 Å². The Morgan fingerprint density at radius 2 is 2.07 bits per heavy atom. The molecule has 0 radical (unpaired) electrons. The van der Waals surface area contributed by atoms with Crippen molar-refractivity contribution in [1.29, 1.82) is 0 Å². The fourth-order valence-corrected chi connectivity index (χ4v) is 3.83. The van der Waals surface area contributed by atoms with E-state index in [1.807, 2.05) is 6.07 Å². The molecule has 1 N–H and O–H groups in total. The number of nitrogens with zero attached hydrogens (tertiary/aromatic N) is 2. The monoisotopic (exact) mass is 401 g/mol. The van der Waals surface area contributed by atoms with Crippen molar-refractivity contribution in [3.05, 3.63) is 47.0 Å². The second kappa shape index (κ2) is 9.45. The highest BCUT2D eigenvalue weighted by Gasteiger charge is 2.29. The number of thiazole rings is 1. The number of aromatic nitrogens is 1. The van der Waals surface area contributed by atoms with Gasteiger partial charge in [0.25, 0.3) is 5.91 Å². The fraction of sp³-hybridized carbons (Fsp3) is 0.400. The zero-order valence-electron chi connectivity index (χ0n) is 15.7. The standard InChI is InChI=1S/C20H23N3O4S/c1-2-27-19(26)15-9-6-10-23(12-15)17(24)11-16-13-28-20(21-16)22-18(25)14-7-4-3-5-8-14/h3-5,7-8,13,15H,2,6,9-12H2,1H3,(H,21,22,25). The topological polar surface area (TPSA) is 88.6 Å². The molecule has 0 saturated carbocycles. The van der Waals surface area contributed by atoms with Crippen LogP contribution in [-0.4, -0.2) is 47.4 Å². The lowest BCUT2D eigenvalue weighted by Gasteiger charge is -2.31. The summed E-state index contributed by atoms with van der Waals surface area (Å²) in [7, 11) is 0. The maximum atomic E-state index is 12.6. The van der Waals surface area contributed by atoms with Crippen molar-refractivity contribution in [2.45, 2.75) is 26.2 Å². The molecule has 3 rings (SSSR count). The molecule has 1 aliphatic rings. The van der Waals surface area contributed by atoms with E-state index in [2.05, 4.69) is 10.3 Å². The second-order valence-corrected chi connectivity index (χ2v) is 7.43. The average Bonchev–Trinajstić information content (AvgIpc) is 3.15. The van der Waals surface area contributed by atoms with E-state index in [9.17, 15) is 14.4 Å². The molecule has 0 aliphatic carbocycles. The number of likely N-dealkylation sites (tertiary alicyclic amines) is 1. The maximum Gasteiger partial charge on any atom is 0.310 e. The number of benzene rings is 1. The molecule has 1 unspecified atom stereocenters. The molecule has 1 aliphatic heterocycles. The van der Waals surface area contributed by atoms with Crippen LogP contribution in [0.3, 0.4) is 0 Å². The van der Waals surface area contributed by atoms with Gasteiger partial charge in [0.05, 0.1) is 24.6 Å². The Balaban J connectivity index is 1.55. The quantitative estimate of drug-likeness (QED) is 0.752. The molecule has 1 aromatic carbocycles. The number of piperidine rings is 1. The summed E-state index contributed by atoms with van der Waals surface area (Å²) in [6, 6.07) is 8.89. The fourth-order valence-electron chi connectivity index (χ4n) is 3.13. The molecule has 8 heteroatoms. The Bertz CT molecular complexity index is 837. The molecule has 7 nitrogen and oxygen atoms in total. The third-order valence-electron chi connectivity index (χ3n) is 4.53. The Morgan fingerprint density at radius 1 is 1.29 bits per heavy atom. The van der Waals surface area contributed by atoms with Gasteiger partial charge in [-0.3, -0.25) is 19.7 Å². The highest BCUT2D eigenvalue weighted by molar-refractivity contribution is 7.14. The van der Waals surface area contributed by atoms with Crippen LogP contribution in [-0.2, 0) is 20.7 Å². The minimum absolute atomic E-state index is 0.0692. The lowest BCUT2D eigenvalue weighted by Crippen LogP contribution is -2.43. The summed E-state index contributed by atoms with van der Waals surface area (Å²) in [6.45, 7) is 3.15. The number of rotatable bonds is 6. The number of amides is 2. The molecule has 1 saturated heterocycles. The average molecular weight is 401 g/mol. The van der Waals surface area contributed by atoms with E-state index in [0.717, 1.165) is 12.8 Å². The first-order valence-corrected chi connectivity index (χ1v) is 10.2. The highest BCUT2D eigenvalue weighted by atomic mass is 32.1. The lowest BCUT2D eigenvalue weighted by atomic mass is 9.98. The minimum atomic E-state index is -0.256. The van der Waals surface area contributed by atoms with Crippen molar-refractivity contribution in [2.75, 3.05) is 25.0 Å². The van der Waals surface area contributed by atoms with Gasteiger partial charge in [-0.05, 0) is 31.9 Å². The summed E-state index contributed by atoms with van der Waals surface area (Å²) in [5.74, 6) is -0.797. The summed E-state index contributed by atoms with van der Waals surface area (Å²) in [5, 5.41) is 4.98. The maximum absolute atomic E-state index is 12.6. The SMILES string of the molecule is CCOC(=O)C1CCCN(C(=O)Cc2csc(NC(=O)c3ccccc3)n2)C1. The van der Waals surface area contributed by atoms with Crippen LogP contribution < -0.4 is 5.32 Å². The van der Waals surface area contributed by atoms with Gasteiger partial charge in [0, 0.05) is 24.0 Å². The van der Waals surface area contributed by atoms with Crippen LogP contribution in [0.25, 0.3) is 0 Å². The van der Waals surface area contributed by atoms with Crippen LogP contribution in [0.5, 0.6) is 0 Å². The summed E-state index contributed by atoms with van der Waals surface area (Å²) in [5.41, 5.74) is 1.16. The minimum Gasteiger partial charge on any atom is -0.466 e. The lowest BCUT2D eigenvalue weighted by molar-refractivity contribution is -0.151. The molecule has 0 spiro atoms. The highest BCUT2D eigenvalue weighted by Crippen LogP contribution is 2.21. The third-order valence-corrected chi connectivity index (χ3v) is 5.34. The van der Waals surface area contributed by atoms with Crippen LogP contribution in [0.15, 0.2) is 35.7 Å². The van der Waals surface area contributed by atoms with Crippen LogP contribution in [0, 0.1) is 5.92 Å². The molecule has 148 valence electrons. The predicted molar refractivity (Wildman–Crippen MR) is 106 cm³/mol. The van der Waals surface area contributed by atoms with Gasteiger partial charge in [-0.15, -0.1) is 11.3 Å². The van der Waals surface area contributed by atoms with E-state index in [1.165, 1.54) is 11.3 Å². The van der Waals surface area contributed by atoms with E-state index >= 15 is 0 Å². The first kappa shape index (κ1) is 20.0. The summed E-state index contributed by atoms with van der Waals surface area (Å²) in [6.07, 6.45) is 1.67. The van der Waals surface area contributed by atoms with Crippen molar-refractivity contribution in [1.82, 2.24) is 9.88 Å². The zero-order chi connectivity index (χ0) is 19.9. The van der Waals surface area contributed by atoms with Gasteiger partial charge >= 0.3 is 5.97 Å².